The molecule has 1 aromatic heterocycles. The Hall–Kier alpha value is -3.61. The van der Waals surface area contributed by atoms with Gasteiger partial charge in [-0.1, -0.05) is 24.3 Å². The number of carbonyl (C=O) groups is 3. The molecule has 3 aromatic rings. The topological polar surface area (TPSA) is 109 Å². The predicted octanol–water partition coefficient (Wildman–Crippen LogP) is 6.76. The Kier molecular flexibility index (Phi) is 10.1. The molecule has 9 nitrogen and oxygen atoms in total. The zero-order valence-electron chi connectivity index (χ0n) is 24.1. The third-order valence-electron chi connectivity index (χ3n) is 6.14. The average molecular weight is 627 g/mol. The number of thiophene rings is 1. The first-order valence-corrected chi connectivity index (χ1v) is 15.5. The van der Waals surface area contributed by atoms with Crippen molar-refractivity contribution in [3.63, 3.8) is 0 Å². The maximum atomic E-state index is 13.3. The molecule has 0 bridgehead atoms. The fraction of sp³-hybridized carbons (Fsp3) is 0.333. The number of carbonyl (C=O) groups excluding carboxylic acids is 3. The molecule has 0 saturated carbocycles. The van der Waals surface area contributed by atoms with Crippen LogP contribution in [-0.4, -0.2) is 52.5 Å². The normalized spacial score (nSPS) is 13.4. The Morgan fingerprint density at radius 3 is 2.40 bits per heavy atom. The SMILES string of the molecule is COC(=O)c1c(NC(=O)C(C)Sc2cccc(NC(=S)Nc3ccccc3)c2)sc2c1CCN(C(=O)OC(C)(C)C)C2. The van der Waals surface area contributed by atoms with Crippen LogP contribution in [0.5, 0.6) is 0 Å². The number of benzene rings is 2. The van der Waals surface area contributed by atoms with Crippen molar-refractivity contribution >= 4 is 74.8 Å². The molecule has 3 N–H and O–H groups in total. The van der Waals surface area contributed by atoms with Crippen molar-refractivity contribution in [1.29, 1.82) is 0 Å². The minimum absolute atomic E-state index is 0.257. The highest BCUT2D eigenvalue weighted by Gasteiger charge is 2.33. The van der Waals surface area contributed by atoms with Crippen molar-refractivity contribution in [2.24, 2.45) is 0 Å². The second-order valence-corrected chi connectivity index (χ2v) is 13.5. The molecule has 1 atom stereocenters. The van der Waals surface area contributed by atoms with E-state index in [1.807, 2.05) is 75.4 Å². The molecule has 42 heavy (non-hydrogen) atoms. The Morgan fingerprint density at radius 1 is 1.02 bits per heavy atom. The van der Waals surface area contributed by atoms with Crippen molar-refractivity contribution in [3.8, 4) is 0 Å². The predicted molar refractivity (Wildman–Crippen MR) is 173 cm³/mol. The Bertz CT molecular complexity index is 1470. The van der Waals surface area contributed by atoms with E-state index in [1.165, 1.54) is 30.2 Å². The average Bonchev–Trinajstić information content (AvgIpc) is 3.29. The summed E-state index contributed by atoms with van der Waals surface area (Å²) in [5.41, 5.74) is 2.19. The van der Waals surface area contributed by atoms with Gasteiger partial charge < -0.3 is 30.3 Å². The van der Waals surface area contributed by atoms with E-state index in [0.717, 1.165) is 26.7 Å². The highest BCUT2D eigenvalue weighted by Crippen LogP contribution is 2.38. The minimum Gasteiger partial charge on any atom is -0.465 e. The number of thioether (sulfide) groups is 1. The summed E-state index contributed by atoms with van der Waals surface area (Å²) < 4.78 is 10.6. The standard InChI is InChI=1S/C30H34N4O5S3/c1-18(41-21-13-9-12-20(16-21)32-28(40)31-19-10-7-6-8-11-19)25(35)33-26-24(27(36)38-5)22-14-15-34(17-23(22)42-26)29(37)39-30(2,3)4/h6-13,16,18H,14-15,17H2,1-5H3,(H,33,35)(H2,31,32,40). The van der Waals surface area contributed by atoms with Crippen LogP contribution < -0.4 is 16.0 Å². The van der Waals surface area contributed by atoms with Crippen LogP contribution in [0, 0.1) is 0 Å². The van der Waals surface area contributed by atoms with E-state index in [-0.39, 0.29) is 5.91 Å². The molecule has 0 spiro atoms. The van der Waals surface area contributed by atoms with Crippen molar-refractivity contribution < 1.29 is 23.9 Å². The van der Waals surface area contributed by atoms with E-state index >= 15 is 0 Å². The lowest BCUT2D eigenvalue weighted by Gasteiger charge is -2.30. The molecule has 4 rings (SSSR count). The maximum Gasteiger partial charge on any atom is 0.410 e. The number of rotatable bonds is 7. The summed E-state index contributed by atoms with van der Waals surface area (Å²) in [7, 11) is 1.31. The number of thiocarbonyl (C=S) groups is 1. The van der Waals surface area contributed by atoms with Gasteiger partial charge in [0.15, 0.2) is 5.11 Å². The first kappa shape index (κ1) is 31.3. The number of esters is 1. The van der Waals surface area contributed by atoms with Gasteiger partial charge in [0.2, 0.25) is 5.91 Å². The minimum atomic E-state index is -0.614. The lowest BCUT2D eigenvalue weighted by molar-refractivity contribution is -0.115. The molecule has 12 heteroatoms. The quantitative estimate of drug-likeness (QED) is 0.149. The van der Waals surface area contributed by atoms with Crippen LogP contribution in [0.1, 0.15) is 48.5 Å². The van der Waals surface area contributed by atoms with Crippen LogP contribution in [0.25, 0.3) is 0 Å². The molecule has 2 heterocycles. The lowest BCUT2D eigenvalue weighted by Crippen LogP contribution is -2.39. The number of amides is 2. The summed E-state index contributed by atoms with van der Waals surface area (Å²) in [5.74, 6) is -0.778. The highest BCUT2D eigenvalue weighted by molar-refractivity contribution is 8.00. The Morgan fingerprint density at radius 2 is 1.71 bits per heavy atom. The Balaban J connectivity index is 1.42. The zero-order chi connectivity index (χ0) is 30.4. The van der Waals surface area contributed by atoms with Gasteiger partial charge in [-0.25, -0.2) is 9.59 Å². The molecular formula is C30H34N4O5S3. The largest absolute Gasteiger partial charge is 0.465 e. The smallest absolute Gasteiger partial charge is 0.410 e. The summed E-state index contributed by atoms with van der Waals surface area (Å²) in [6, 6.07) is 17.3. The van der Waals surface area contributed by atoms with Gasteiger partial charge in [-0.2, -0.15) is 0 Å². The van der Waals surface area contributed by atoms with Crippen molar-refractivity contribution in [3.05, 3.63) is 70.6 Å². The molecule has 2 amide bonds. The van der Waals surface area contributed by atoms with Crippen LogP contribution in [0.4, 0.5) is 21.2 Å². The van der Waals surface area contributed by atoms with Crippen LogP contribution in [0.15, 0.2) is 59.5 Å². The summed E-state index contributed by atoms with van der Waals surface area (Å²) in [6.07, 6.45) is 0.0429. The number of hydrogen-bond acceptors (Lipinski definition) is 8. The fourth-order valence-corrected chi connectivity index (χ4v) is 6.64. The molecular weight excluding hydrogens is 593 g/mol. The van der Waals surface area contributed by atoms with E-state index in [9.17, 15) is 14.4 Å². The van der Waals surface area contributed by atoms with Crippen molar-refractivity contribution in [2.75, 3.05) is 29.6 Å². The molecule has 222 valence electrons. The molecule has 1 aliphatic heterocycles. The van der Waals surface area contributed by atoms with E-state index < -0.39 is 22.9 Å². The van der Waals surface area contributed by atoms with Crippen LogP contribution in [-0.2, 0) is 27.2 Å². The number of hydrogen-bond donors (Lipinski definition) is 3. The van der Waals surface area contributed by atoms with E-state index in [0.29, 0.717) is 35.2 Å². The number of fused-ring (bicyclic) bond motifs is 1. The van der Waals surface area contributed by atoms with Crippen LogP contribution >= 0.6 is 35.3 Å². The molecule has 1 unspecified atom stereocenters. The molecule has 1 aliphatic rings. The first-order valence-electron chi connectivity index (χ1n) is 13.3. The molecule has 0 aliphatic carbocycles. The number of anilines is 3. The molecule has 0 saturated heterocycles. The zero-order valence-corrected chi connectivity index (χ0v) is 26.6. The third-order valence-corrected chi connectivity index (χ3v) is 8.57. The van der Waals surface area contributed by atoms with Crippen molar-refractivity contribution in [2.45, 2.75) is 56.4 Å². The van der Waals surface area contributed by atoms with Gasteiger partial charge in [-0.15, -0.1) is 23.1 Å². The molecule has 2 aromatic carbocycles. The number of para-hydroxylation sites is 1. The van der Waals surface area contributed by atoms with Crippen LogP contribution in [0.3, 0.4) is 0 Å². The number of methoxy groups -OCH3 is 1. The second kappa shape index (κ2) is 13.6. The van der Waals surface area contributed by atoms with Gasteiger partial charge in [0.1, 0.15) is 10.6 Å². The van der Waals surface area contributed by atoms with E-state index in [2.05, 4.69) is 16.0 Å². The summed E-state index contributed by atoms with van der Waals surface area (Å²) in [6.45, 7) is 7.95. The maximum absolute atomic E-state index is 13.3. The summed E-state index contributed by atoms with van der Waals surface area (Å²) in [4.78, 5) is 42.0. The lowest BCUT2D eigenvalue weighted by atomic mass is 10.0. The highest BCUT2D eigenvalue weighted by atomic mass is 32.2. The van der Waals surface area contributed by atoms with Crippen LogP contribution in [0.2, 0.25) is 0 Å². The fourth-order valence-electron chi connectivity index (χ4n) is 4.23. The van der Waals surface area contributed by atoms with E-state index in [4.69, 9.17) is 21.7 Å². The summed E-state index contributed by atoms with van der Waals surface area (Å²) in [5, 5.41) is 9.65. The van der Waals surface area contributed by atoms with E-state index in [1.54, 1.807) is 11.8 Å². The van der Waals surface area contributed by atoms with Crippen molar-refractivity contribution in [1.82, 2.24) is 4.90 Å². The second-order valence-electron chi connectivity index (χ2n) is 10.6. The van der Waals surface area contributed by atoms with Gasteiger partial charge in [0.25, 0.3) is 0 Å². The van der Waals surface area contributed by atoms with Gasteiger partial charge in [0, 0.05) is 27.7 Å². The number of nitrogens with one attached hydrogen (secondary N) is 3. The number of nitrogens with zero attached hydrogens (tertiary/aromatic N) is 1. The summed E-state index contributed by atoms with van der Waals surface area (Å²) >= 11 is 8.10. The third kappa shape index (κ3) is 8.24. The van der Waals surface area contributed by atoms with Gasteiger partial charge in [-0.3, -0.25) is 4.79 Å². The number of ether oxygens (including phenoxy) is 2. The van der Waals surface area contributed by atoms with Gasteiger partial charge in [0.05, 0.1) is 24.5 Å². The Labute approximate surface area is 259 Å². The first-order chi connectivity index (χ1) is 19.9. The molecule has 0 radical (unpaired) electrons. The van der Waals surface area contributed by atoms with Gasteiger partial charge >= 0.3 is 12.1 Å². The van der Waals surface area contributed by atoms with Gasteiger partial charge in [-0.05, 0) is 82.2 Å². The molecule has 0 fully saturated rings. The monoisotopic (exact) mass is 626 g/mol.